The van der Waals surface area contributed by atoms with Gasteiger partial charge in [-0.15, -0.1) is 11.3 Å². The first-order valence-corrected chi connectivity index (χ1v) is 9.18. The lowest BCUT2D eigenvalue weighted by Gasteiger charge is -2.32. The maximum atomic E-state index is 12.7. The minimum atomic E-state index is 0.0470. The number of piperidine rings is 1. The summed E-state index contributed by atoms with van der Waals surface area (Å²) in [7, 11) is 0. The summed E-state index contributed by atoms with van der Waals surface area (Å²) >= 11 is 1.63. The zero-order valence-electron chi connectivity index (χ0n) is 13.9. The van der Waals surface area contributed by atoms with E-state index in [9.17, 15) is 9.90 Å². The van der Waals surface area contributed by atoms with Gasteiger partial charge in [-0.2, -0.15) is 0 Å². The number of benzene rings is 1. The molecule has 1 aromatic carbocycles. The number of anilines is 1. The number of aliphatic hydroxyl groups is 1. The molecule has 3 rings (SSSR count). The number of aliphatic hydroxyl groups excluding tert-OH is 1. The van der Waals surface area contributed by atoms with Crippen LogP contribution in [0.25, 0.3) is 0 Å². The normalized spacial score (nSPS) is 17.8. The lowest BCUT2D eigenvalue weighted by Crippen LogP contribution is -2.40. The molecule has 1 fully saturated rings. The van der Waals surface area contributed by atoms with Crippen LogP contribution in [0, 0.1) is 12.8 Å². The Morgan fingerprint density at radius 3 is 3.12 bits per heavy atom. The van der Waals surface area contributed by atoms with E-state index < -0.39 is 0 Å². The molecule has 24 heavy (non-hydrogen) atoms. The van der Waals surface area contributed by atoms with Crippen molar-refractivity contribution in [3.05, 3.63) is 45.9 Å². The first-order chi connectivity index (χ1) is 11.7. The third-order valence-electron chi connectivity index (χ3n) is 4.47. The molecule has 1 saturated heterocycles. The number of hydrogen-bond donors (Lipinski definition) is 2. The third kappa shape index (κ3) is 3.94. The second kappa shape index (κ2) is 7.77. The summed E-state index contributed by atoms with van der Waals surface area (Å²) in [5.41, 5.74) is 4.52. The Balaban J connectivity index is 1.66. The van der Waals surface area contributed by atoms with E-state index in [0.717, 1.165) is 30.8 Å². The predicted octanol–water partition coefficient (Wildman–Crippen LogP) is 2.91. The van der Waals surface area contributed by atoms with Gasteiger partial charge in [-0.3, -0.25) is 4.79 Å². The van der Waals surface area contributed by atoms with Gasteiger partial charge in [-0.25, -0.2) is 4.98 Å². The molecule has 0 saturated carbocycles. The minimum absolute atomic E-state index is 0.0470. The van der Waals surface area contributed by atoms with Crippen LogP contribution < -0.4 is 5.32 Å². The third-order valence-corrected chi connectivity index (χ3v) is 5.41. The van der Waals surface area contributed by atoms with Crippen molar-refractivity contribution in [3.8, 4) is 0 Å². The van der Waals surface area contributed by atoms with Crippen LogP contribution in [0.3, 0.4) is 0 Å². The number of nitrogens with zero attached hydrogens (tertiary/aromatic N) is 2. The topological polar surface area (TPSA) is 65.5 Å². The van der Waals surface area contributed by atoms with Gasteiger partial charge in [-0.05, 0) is 43.9 Å². The number of hydrogen-bond acceptors (Lipinski definition) is 5. The number of amides is 1. The number of carbonyl (C=O) groups is 1. The standard InChI is InChI=1S/C18H23N3O2S/c1-13-17(24-12-20-13)9-19-16-6-2-5-15(8-16)18(23)21-7-3-4-14(10-21)11-22/h2,5-6,8,12,14,19,22H,3-4,7,9-11H2,1H3/t14-/m1/s1. The Bertz CT molecular complexity index is 701. The highest BCUT2D eigenvalue weighted by atomic mass is 32.1. The smallest absolute Gasteiger partial charge is 0.253 e. The Labute approximate surface area is 146 Å². The first-order valence-electron chi connectivity index (χ1n) is 8.30. The molecule has 0 radical (unpaired) electrons. The molecule has 0 unspecified atom stereocenters. The number of aryl methyl sites for hydroxylation is 1. The molecule has 1 aromatic heterocycles. The van der Waals surface area contributed by atoms with Gasteiger partial charge in [0.2, 0.25) is 0 Å². The molecular formula is C18H23N3O2S. The van der Waals surface area contributed by atoms with Gasteiger partial charge in [0.1, 0.15) is 0 Å². The summed E-state index contributed by atoms with van der Waals surface area (Å²) in [4.78, 5) is 20.0. The zero-order valence-corrected chi connectivity index (χ0v) is 14.7. The van der Waals surface area contributed by atoms with Gasteiger partial charge in [0.15, 0.2) is 0 Å². The summed E-state index contributed by atoms with van der Waals surface area (Å²) in [6, 6.07) is 7.64. The Kier molecular flexibility index (Phi) is 5.48. The highest BCUT2D eigenvalue weighted by Crippen LogP contribution is 2.20. The van der Waals surface area contributed by atoms with E-state index in [1.54, 1.807) is 11.3 Å². The molecule has 1 aliphatic heterocycles. The number of likely N-dealkylation sites (tertiary alicyclic amines) is 1. The number of aromatic nitrogens is 1. The lowest BCUT2D eigenvalue weighted by atomic mass is 9.98. The molecule has 1 aliphatic rings. The summed E-state index contributed by atoms with van der Waals surface area (Å²) in [5.74, 6) is 0.254. The van der Waals surface area contributed by atoms with Crippen LogP contribution >= 0.6 is 11.3 Å². The van der Waals surface area contributed by atoms with Crippen LogP contribution in [0.2, 0.25) is 0 Å². The van der Waals surface area contributed by atoms with Crippen LogP contribution in [0.15, 0.2) is 29.8 Å². The largest absolute Gasteiger partial charge is 0.396 e. The fourth-order valence-electron chi connectivity index (χ4n) is 3.02. The second-order valence-electron chi connectivity index (χ2n) is 6.24. The van der Waals surface area contributed by atoms with Crippen LogP contribution in [0.5, 0.6) is 0 Å². The molecule has 6 heteroatoms. The quantitative estimate of drug-likeness (QED) is 0.874. The van der Waals surface area contributed by atoms with Crippen molar-refractivity contribution in [2.75, 3.05) is 25.0 Å². The molecule has 1 amide bonds. The van der Waals surface area contributed by atoms with Gasteiger partial charge in [0.05, 0.1) is 17.7 Å². The molecule has 2 aromatic rings. The second-order valence-corrected chi connectivity index (χ2v) is 7.18. The fraction of sp³-hybridized carbons (Fsp3) is 0.444. The average Bonchev–Trinajstić information content (AvgIpc) is 3.04. The van der Waals surface area contributed by atoms with Crippen molar-refractivity contribution in [3.63, 3.8) is 0 Å². The molecule has 1 atom stereocenters. The highest BCUT2D eigenvalue weighted by molar-refractivity contribution is 7.09. The van der Waals surface area contributed by atoms with Gasteiger partial charge in [0.25, 0.3) is 5.91 Å². The number of nitrogens with one attached hydrogen (secondary N) is 1. The van der Waals surface area contributed by atoms with Crippen molar-refractivity contribution in [2.45, 2.75) is 26.3 Å². The monoisotopic (exact) mass is 345 g/mol. The maximum Gasteiger partial charge on any atom is 0.253 e. The Hall–Kier alpha value is -1.92. The molecule has 0 bridgehead atoms. The van der Waals surface area contributed by atoms with Crippen molar-refractivity contribution in [1.29, 1.82) is 0 Å². The number of rotatable bonds is 5. The molecule has 0 aliphatic carbocycles. The summed E-state index contributed by atoms with van der Waals surface area (Å²) in [6.45, 7) is 4.28. The van der Waals surface area contributed by atoms with Gasteiger partial charge < -0.3 is 15.3 Å². The average molecular weight is 345 g/mol. The predicted molar refractivity (Wildman–Crippen MR) is 96.3 cm³/mol. The number of carbonyl (C=O) groups excluding carboxylic acids is 1. The molecule has 5 nitrogen and oxygen atoms in total. The molecular weight excluding hydrogens is 322 g/mol. The molecule has 2 heterocycles. The van der Waals surface area contributed by atoms with E-state index >= 15 is 0 Å². The first kappa shape index (κ1) is 16.9. The molecule has 2 N–H and O–H groups in total. The van der Waals surface area contributed by atoms with Crippen molar-refractivity contribution < 1.29 is 9.90 Å². The maximum absolute atomic E-state index is 12.7. The zero-order chi connectivity index (χ0) is 16.9. The Morgan fingerprint density at radius 1 is 1.50 bits per heavy atom. The molecule has 0 spiro atoms. The SMILES string of the molecule is Cc1ncsc1CNc1cccc(C(=O)N2CCC[C@@H](CO)C2)c1. The van der Waals surface area contributed by atoms with E-state index in [2.05, 4.69) is 10.3 Å². The lowest BCUT2D eigenvalue weighted by molar-refractivity contribution is 0.0621. The minimum Gasteiger partial charge on any atom is -0.396 e. The number of thiazole rings is 1. The fourth-order valence-corrected chi connectivity index (χ4v) is 3.74. The summed E-state index contributed by atoms with van der Waals surface area (Å²) < 4.78 is 0. The Morgan fingerprint density at radius 2 is 2.38 bits per heavy atom. The van der Waals surface area contributed by atoms with Gasteiger partial charge in [-0.1, -0.05) is 6.07 Å². The van der Waals surface area contributed by atoms with Crippen molar-refractivity contribution in [2.24, 2.45) is 5.92 Å². The van der Waals surface area contributed by atoms with Crippen LogP contribution in [0.1, 0.15) is 33.8 Å². The molecule has 128 valence electrons. The van der Waals surface area contributed by atoms with E-state index in [-0.39, 0.29) is 18.4 Å². The van der Waals surface area contributed by atoms with Crippen molar-refractivity contribution in [1.82, 2.24) is 9.88 Å². The van der Waals surface area contributed by atoms with Crippen LogP contribution in [-0.2, 0) is 6.54 Å². The van der Waals surface area contributed by atoms with Gasteiger partial charge in [0, 0.05) is 35.8 Å². The van der Waals surface area contributed by atoms with Crippen molar-refractivity contribution >= 4 is 22.9 Å². The van der Waals surface area contributed by atoms with E-state index in [1.807, 2.05) is 41.6 Å². The van der Waals surface area contributed by atoms with Gasteiger partial charge >= 0.3 is 0 Å². The van der Waals surface area contributed by atoms with E-state index in [4.69, 9.17) is 0 Å². The van der Waals surface area contributed by atoms with E-state index in [0.29, 0.717) is 18.7 Å². The summed E-state index contributed by atoms with van der Waals surface area (Å²) in [6.07, 6.45) is 1.95. The van der Waals surface area contributed by atoms with E-state index in [1.165, 1.54) is 4.88 Å². The summed E-state index contributed by atoms with van der Waals surface area (Å²) in [5, 5.41) is 12.7. The highest BCUT2D eigenvalue weighted by Gasteiger charge is 2.24. The van der Waals surface area contributed by atoms with Crippen LogP contribution in [-0.4, -0.2) is 40.6 Å². The van der Waals surface area contributed by atoms with Crippen LogP contribution in [0.4, 0.5) is 5.69 Å².